The summed E-state index contributed by atoms with van der Waals surface area (Å²) < 4.78 is 6.79. The van der Waals surface area contributed by atoms with Crippen LogP contribution in [0.4, 0.5) is 5.95 Å². The number of nitrogens with zero attached hydrogens (tertiary/aromatic N) is 3. The van der Waals surface area contributed by atoms with Crippen molar-refractivity contribution in [2.45, 2.75) is 38.7 Å². The van der Waals surface area contributed by atoms with Crippen molar-refractivity contribution in [3.8, 4) is 5.88 Å². The smallest absolute Gasteiger partial charge is 0.233 e. The first-order chi connectivity index (χ1) is 8.24. The summed E-state index contributed by atoms with van der Waals surface area (Å²) in [6, 6.07) is 0. The molecule has 0 spiro atoms. The highest BCUT2D eigenvalue weighted by atomic mass is 79.9. The van der Waals surface area contributed by atoms with Crippen LogP contribution in [0.5, 0.6) is 5.88 Å². The zero-order valence-corrected chi connectivity index (χ0v) is 11.5. The first-order valence-corrected chi connectivity index (χ1v) is 6.99. The molecule has 2 heterocycles. The van der Waals surface area contributed by atoms with Crippen molar-refractivity contribution in [3.63, 3.8) is 0 Å². The molecular formula is C12H16BrN3O. The number of hydrogen-bond acceptors (Lipinski definition) is 4. The molecule has 4 nitrogen and oxygen atoms in total. The van der Waals surface area contributed by atoms with Gasteiger partial charge in [0.05, 0.1) is 5.69 Å². The van der Waals surface area contributed by atoms with Gasteiger partial charge in [0.1, 0.15) is 10.6 Å². The third-order valence-corrected chi connectivity index (χ3v) is 4.36. The molecule has 1 aromatic heterocycles. The fraction of sp³-hybridized carbons (Fsp3) is 0.667. The maximum absolute atomic E-state index is 5.90. The minimum Gasteiger partial charge on any atom is -0.473 e. The van der Waals surface area contributed by atoms with Crippen LogP contribution in [0.1, 0.15) is 31.4 Å². The van der Waals surface area contributed by atoms with E-state index in [0.717, 1.165) is 42.0 Å². The van der Waals surface area contributed by atoms with Gasteiger partial charge in [0.25, 0.3) is 0 Å². The Morgan fingerprint density at radius 1 is 1.24 bits per heavy atom. The lowest BCUT2D eigenvalue weighted by Gasteiger charge is -2.32. The van der Waals surface area contributed by atoms with Crippen LogP contribution >= 0.6 is 15.9 Å². The first-order valence-electron chi connectivity index (χ1n) is 6.20. The summed E-state index contributed by atoms with van der Waals surface area (Å²) in [4.78, 5) is 11.2. The number of hydrogen-bond donors (Lipinski definition) is 0. The molecule has 0 atom stereocenters. The Labute approximate surface area is 110 Å². The number of aromatic nitrogens is 2. The van der Waals surface area contributed by atoms with Gasteiger partial charge in [0.2, 0.25) is 11.8 Å². The van der Waals surface area contributed by atoms with Crippen molar-refractivity contribution in [2.75, 3.05) is 18.0 Å². The quantitative estimate of drug-likeness (QED) is 0.860. The molecular weight excluding hydrogens is 282 g/mol. The number of aryl methyl sites for hydroxylation is 1. The van der Waals surface area contributed by atoms with E-state index in [-0.39, 0.29) is 0 Å². The van der Waals surface area contributed by atoms with E-state index >= 15 is 0 Å². The molecule has 5 heteroatoms. The minimum atomic E-state index is 0.352. The van der Waals surface area contributed by atoms with E-state index in [1.807, 2.05) is 6.92 Å². The second-order valence-electron chi connectivity index (χ2n) is 4.74. The van der Waals surface area contributed by atoms with Crippen LogP contribution in [0.2, 0.25) is 0 Å². The van der Waals surface area contributed by atoms with Crippen LogP contribution in [0.25, 0.3) is 0 Å². The summed E-state index contributed by atoms with van der Waals surface area (Å²) in [6.45, 7) is 4.11. The van der Waals surface area contributed by atoms with E-state index in [1.54, 1.807) is 0 Å². The lowest BCUT2D eigenvalue weighted by molar-refractivity contribution is 0.113. The Kier molecular flexibility index (Phi) is 2.94. The largest absolute Gasteiger partial charge is 0.473 e. The molecule has 0 N–H and O–H groups in total. The van der Waals surface area contributed by atoms with Gasteiger partial charge in [-0.25, -0.2) is 4.98 Å². The SMILES string of the molecule is Cc1nc(N2CCC2)nc(OC2CCC2)c1Br. The molecule has 92 valence electrons. The van der Waals surface area contributed by atoms with Gasteiger partial charge in [-0.15, -0.1) is 0 Å². The first kappa shape index (κ1) is 11.3. The van der Waals surface area contributed by atoms with E-state index in [1.165, 1.54) is 12.8 Å². The molecule has 0 amide bonds. The zero-order chi connectivity index (χ0) is 11.8. The van der Waals surface area contributed by atoms with Gasteiger partial charge < -0.3 is 9.64 Å². The third-order valence-electron chi connectivity index (χ3n) is 3.44. The van der Waals surface area contributed by atoms with Crippen molar-refractivity contribution in [3.05, 3.63) is 10.2 Å². The van der Waals surface area contributed by atoms with E-state index in [0.29, 0.717) is 12.0 Å². The zero-order valence-electron chi connectivity index (χ0n) is 9.95. The average molecular weight is 298 g/mol. The normalized spacial score (nSPS) is 19.8. The highest BCUT2D eigenvalue weighted by molar-refractivity contribution is 9.10. The van der Waals surface area contributed by atoms with Crippen molar-refractivity contribution in [1.82, 2.24) is 9.97 Å². The highest BCUT2D eigenvalue weighted by Crippen LogP contribution is 2.32. The molecule has 1 aromatic rings. The van der Waals surface area contributed by atoms with Gasteiger partial charge in [-0.3, -0.25) is 0 Å². The lowest BCUT2D eigenvalue weighted by Crippen LogP contribution is -2.38. The Balaban J connectivity index is 1.85. The topological polar surface area (TPSA) is 38.2 Å². The molecule has 3 rings (SSSR count). The highest BCUT2D eigenvalue weighted by Gasteiger charge is 2.24. The summed E-state index contributed by atoms with van der Waals surface area (Å²) >= 11 is 3.52. The Bertz CT molecular complexity index is 430. The molecule has 0 aromatic carbocycles. The Morgan fingerprint density at radius 3 is 2.53 bits per heavy atom. The summed E-state index contributed by atoms with van der Waals surface area (Å²) in [5.41, 5.74) is 0.955. The molecule has 1 saturated heterocycles. The second-order valence-corrected chi connectivity index (χ2v) is 5.53. The van der Waals surface area contributed by atoms with Gasteiger partial charge in [-0.2, -0.15) is 4.98 Å². The Morgan fingerprint density at radius 2 is 2.00 bits per heavy atom. The van der Waals surface area contributed by atoms with Crippen LogP contribution in [0.15, 0.2) is 4.47 Å². The van der Waals surface area contributed by atoms with Crippen LogP contribution in [0, 0.1) is 6.92 Å². The fourth-order valence-electron chi connectivity index (χ4n) is 1.90. The standard InChI is InChI=1S/C12H16BrN3O/c1-8-10(13)11(17-9-4-2-5-9)15-12(14-8)16-6-3-7-16/h9H,2-7H2,1H3. The average Bonchev–Trinajstić information content (AvgIpc) is 2.15. The van der Waals surface area contributed by atoms with Gasteiger partial charge in [0.15, 0.2) is 0 Å². The van der Waals surface area contributed by atoms with Crippen molar-refractivity contribution >= 4 is 21.9 Å². The number of ether oxygens (including phenoxy) is 1. The van der Waals surface area contributed by atoms with Crippen LogP contribution in [-0.2, 0) is 0 Å². The van der Waals surface area contributed by atoms with E-state index in [4.69, 9.17) is 4.74 Å². The van der Waals surface area contributed by atoms with Gasteiger partial charge in [-0.05, 0) is 48.5 Å². The molecule has 2 fully saturated rings. The second kappa shape index (κ2) is 4.44. The van der Waals surface area contributed by atoms with Crippen LogP contribution < -0.4 is 9.64 Å². The summed E-state index contributed by atoms with van der Waals surface area (Å²) in [6.07, 6.45) is 5.15. The number of halogens is 1. The van der Waals surface area contributed by atoms with E-state index in [2.05, 4.69) is 30.8 Å². The number of anilines is 1. The molecule has 1 aliphatic heterocycles. The van der Waals surface area contributed by atoms with Gasteiger partial charge in [-0.1, -0.05) is 0 Å². The fourth-order valence-corrected chi connectivity index (χ4v) is 2.17. The van der Waals surface area contributed by atoms with E-state index in [9.17, 15) is 0 Å². The lowest BCUT2D eigenvalue weighted by atomic mass is 9.96. The summed E-state index contributed by atoms with van der Waals surface area (Å²) in [7, 11) is 0. The van der Waals surface area contributed by atoms with Crippen LogP contribution in [-0.4, -0.2) is 29.2 Å². The predicted octanol–water partition coefficient (Wildman–Crippen LogP) is 2.69. The summed E-state index contributed by atoms with van der Waals surface area (Å²) in [5, 5.41) is 0. The van der Waals surface area contributed by atoms with Crippen molar-refractivity contribution in [2.24, 2.45) is 0 Å². The minimum absolute atomic E-state index is 0.352. The number of rotatable bonds is 3. The van der Waals surface area contributed by atoms with Gasteiger partial charge >= 0.3 is 0 Å². The molecule has 0 unspecified atom stereocenters. The monoisotopic (exact) mass is 297 g/mol. The Hall–Kier alpha value is -0.840. The molecule has 1 aliphatic carbocycles. The molecule has 2 aliphatic rings. The van der Waals surface area contributed by atoms with Gasteiger partial charge in [0, 0.05) is 13.1 Å². The molecule has 0 bridgehead atoms. The maximum Gasteiger partial charge on any atom is 0.233 e. The third kappa shape index (κ3) is 2.12. The van der Waals surface area contributed by atoms with Crippen molar-refractivity contribution in [1.29, 1.82) is 0 Å². The molecule has 17 heavy (non-hydrogen) atoms. The summed E-state index contributed by atoms with van der Waals surface area (Å²) in [5.74, 6) is 1.52. The maximum atomic E-state index is 5.90. The van der Waals surface area contributed by atoms with Crippen molar-refractivity contribution < 1.29 is 4.74 Å². The van der Waals surface area contributed by atoms with E-state index < -0.39 is 0 Å². The van der Waals surface area contributed by atoms with Crippen LogP contribution in [0.3, 0.4) is 0 Å². The predicted molar refractivity (Wildman–Crippen MR) is 69.6 cm³/mol. The molecule has 1 saturated carbocycles. The molecule has 0 radical (unpaired) electrons.